The molecule has 2 heteroatoms. The average Bonchev–Trinajstić information content (AvgIpc) is 2.06. The van der Waals surface area contributed by atoms with Crippen LogP contribution in [0.2, 0.25) is 0 Å². The van der Waals surface area contributed by atoms with E-state index < -0.39 is 7.80 Å². The van der Waals surface area contributed by atoms with Crippen LogP contribution in [0.25, 0.3) is 0 Å². The molecule has 0 saturated carbocycles. The van der Waals surface area contributed by atoms with Crippen molar-refractivity contribution < 1.29 is 4.57 Å². The molecule has 0 aliphatic heterocycles. The van der Waals surface area contributed by atoms with Gasteiger partial charge < -0.3 is 0 Å². The predicted octanol–water partition coefficient (Wildman–Crippen LogP) is 2.86. The van der Waals surface area contributed by atoms with Gasteiger partial charge in [0.1, 0.15) is 0 Å². The Bertz CT molecular complexity index is 264. The van der Waals surface area contributed by atoms with E-state index in [-0.39, 0.29) is 0 Å². The molecule has 1 atom stereocenters. The maximum atomic E-state index is 11.5. The summed E-state index contributed by atoms with van der Waals surface area (Å²) in [6.45, 7) is 4.10. The Morgan fingerprint density at radius 2 is 1.83 bits per heavy atom. The molecular weight excluding hydrogens is 167 g/mol. The molecule has 0 amide bonds. The molecule has 64 valence electrons. The highest BCUT2D eigenvalue weighted by Crippen LogP contribution is 2.20. The molecule has 0 heterocycles. The summed E-state index contributed by atoms with van der Waals surface area (Å²) in [6.07, 6.45) is 1.79. The van der Waals surface area contributed by atoms with E-state index in [1.807, 2.05) is 31.2 Å². The maximum Gasteiger partial charge on any atom is 0.376 e. The number of benzene rings is 1. The third-order valence-corrected chi connectivity index (χ3v) is 3.48. The van der Waals surface area contributed by atoms with Crippen LogP contribution in [0, 0.1) is 6.92 Å². The van der Waals surface area contributed by atoms with Crippen LogP contribution in [0.3, 0.4) is 0 Å². The molecule has 0 aromatic heterocycles. The lowest BCUT2D eigenvalue weighted by molar-refractivity contribution is 0.592. The topological polar surface area (TPSA) is 17.1 Å². The van der Waals surface area contributed by atoms with Crippen LogP contribution in [-0.4, -0.2) is 6.16 Å². The summed E-state index contributed by atoms with van der Waals surface area (Å²) in [4.78, 5) is 0. The van der Waals surface area contributed by atoms with Crippen molar-refractivity contribution in [2.75, 3.05) is 6.16 Å². The molecule has 1 rings (SSSR count). The molecule has 1 aromatic rings. The van der Waals surface area contributed by atoms with Crippen LogP contribution in [0.15, 0.2) is 24.3 Å². The first-order valence-corrected chi connectivity index (χ1v) is 5.70. The molecule has 0 N–H and O–H groups in total. The number of hydrogen-bond donors (Lipinski definition) is 0. The van der Waals surface area contributed by atoms with Gasteiger partial charge in [-0.05, 0) is 25.5 Å². The molecular formula is C10H14OP+. The van der Waals surface area contributed by atoms with E-state index in [4.69, 9.17) is 0 Å². The molecule has 1 unspecified atom stereocenters. The highest BCUT2D eigenvalue weighted by Gasteiger charge is 2.16. The van der Waals surface area contributed by atoms with E-state index in [0.717, 1.165) is 17.9 Å². The van der Waals surface area contributed by atoms with Crippen LogP contribution >= 0.6 is 7.80 Å². The zero-order valence-electron chi connectivity index (χ0n) is 7.58. The normalized spacial score (nSPS) is 11.3. The number of hydrogen-bond acceptors (Lipinski definition) is 1. The third-order valence-electron chi connectivity index (χ3n) is 1.75. The average molecular weight is 181 g/mol. The summed E-state index contributed by atoms with van der Waals surface area (Å²) in [6, 6.07) is 7.95. The Morgan fingerprint density at radius 3 is 2.33 bits per heavy atom. The zero-order valence-corrected chi connectivity index (χ0v) is 8.47. The maximum absolute atomic E-state index is 11.5. The Hall–Kier alpha value is -0.680. The first-order valence-electron chi connectivity index (χ1n) is 4.25. The van der Waals surface area contributed by atoms with Gasteiger partial charge in [0.2, 0.25) is 0 Å². The second-order valence-corrected chi connectivity index (χ2v) is 4.66. The SMILES string of the molecule is CCC[P+](=O)c1ccc(C)cc1. The van der Waals surface area contributed by atoms with Gasteiger partial charge >= 0.3 is 7.80 Å². The first-order chi connectivity index (χ1) is 5.74. The summed E-state index contributed by atoms with van der Waals surface area (Å²) >= 11 is 0. The monoisotopic (exact) mass is 181 g/mol. The molecule has 0 radical (unpaired) electrons. The van der Waals surface area contributed by atoms with Crippen LogP contribution in [0.1, 0.15) is 18.9 Å². The molecule has 0 bridgehead atoms. The lowest BCUT2D eigenvalue weighted by Gasteiger charge is -1.89. The molecule has 0 aliphatic rings. The van der Waals surface area contributed by atoms with Gasteiger partial charge in [0, 0.05) is 0 Å². The van der Waals surface area contributed by atoms with Crippen molar-refractivity contribution in [2.45, 2.75) is 20.3 Å². The van der Waals surface area contributed by atoms with Gasteiger partial charge in [0.05, 0.1) is 0 Å². The van der Waals surface area contributed by atoms with E-state index in [9.17, 15) is 4.57 Å². The number of rotatable bonds is 3. The lowest BCUT2D eigenvalue weighted by Crippen LogP contribution is -1.96. The van der Waals surface area contributed by atoms with Crippen LogP contribution in [-0.2, 0) is 4.57 Å². The molecule has 0 aliphatic carbocycles. The van der Waals surface area contributed by atoms with Crippen LogP contribution < -0.4 is 5.30 Å². The van der Waals surface area contributed by atoms with Gasteiger partial charge in [-0.15, -0.1) is 0 Å². The first kappa shape index (κ1) is 9.41. The highest BCUT2D eigenvalue weighted by molar-refractivity contribution is 7.53. The van der Waals surface area contributed by atoms with E-state index in [0.29, 0.717) is 0 Å². The second-order valence-electron chi connectivity index (χ2n) is 2.94. The minimum Gasteiger partial charge on any atom is -0.0681 e. The van der Waals surface area contributed by atoms with E-state index in [1.54, 1.807) is 0 Å². The standard InChI is InChI=1S/C10H14OP/c1-3-8-12(11)10-6-4-9(2)5-7-10/h4-7H,3,8H2,1-2H3/q+1. The minimum absolute atomic E-state index is 0.804. The Labute approximate surface area is 74.6 Å². The van der Waals surface area contributed by atoms with Gasteiger partial charge in [-0.3, -0.25) is 0 Å². The van der Waals surface area contributed by atoms with Gasteiger partial charge in [0.15, 0.2) is 11.5 Å². The van der Waals surface area contributed by atoms with E-state index >= 15 is 0 Å². The Morgan fingerprint density at radius 1 is 1.25 bits per heavy atom. The molecule has 1 aromatic carbocycles. The van der Waals surface area contributed by atoms with Gasteiger partial charge in [-0.25, -0.2) is 0 Å². The van der Waals surface area contributed by atoms with Gasteiger partial charge in [-0.2, -0.15) is 0 Å². The molecule has 0 fully saturated rings. The second kappa shape index (κ2) is 4.37. The van der Waals surface area contributed by atoms with Crippen LogP contribution in [0.4, 0.5) is 0 Å². The molecule has 0 spiro atoms. The summed E-state index contributed by atoms with van der Waals surface area (Å²) < 4.78 is 11.5. The van der Waals surface area contributed by atoms with Gasteiger partial charge in [-0.1, -0.05) is 29.2 Å². The lowest BCUT2D eigenvalue weighted by atomic mass is 10.2. The molecule has 12 heavy (non-hydrogen) atoms. The fourth-order valence-electron chi connectivity index (χ4n) is 1.04. The summed E-state index contributed by atoms with van der Waals surface area (Å²) in [5.41, 5.74) is 1.22. The Balaban J connectivity index is 2.75. The van der Waals surface area contributed by atoms with Crippen molar-refractivity contribution in [3.8, 4) is 0 Å². The van der Waals surface area contributed by atoms with Crippen molar-refractivity contribution >= 4 is 13.1 Å². The Kier molecular flexibility index (Phi) is 3.43. The van der Waals surface area contributed by atoms with Gasteiger partial charge in [0.25, 0.3) is 0 Å². The van der Waals surface area contributed by atoms with E-state index in [1.165, 1.54) is 5.56 Å². The van der Waals surface area contributed by atoms with Crippen molar-refractivity contribution in [1.29, 1.82) is 0 Å². The fraction of sp³-hybridized carbons (Fsp3) is 0.400. The van der Waals surface area contributed by atoms with Crippen molar-refractivity contribution in [2.24, 2.45) is 0 Å². The summed E-state index contributed by atoms with van der Waals surface area (Å²) in [5, 5.41) is 0.984. The minimum atomic E-state index is -1.14. The number of aryl methyl sites for hydroxylation is 1. The van der Waals surface area contributed by atoms with E-state index in [2.05, 4.69) is 6.92 Å². The highest BCUT2D eigenvalue weighted by atomic mass is 31.1. The smallest absolute Gasteiger partial charge is 0.0681 e. The summed E-state index contributed by atoms with van der Waals surface area (Å²) in [7, 11) is -1.14. The van der Waals surface area contributed by atoms with Crippen LogP contribution in [0.5, 0.6) is 0 Å². The third kappa shape index (κ3) is 2.42. The largest absolute Gasteiger partial charge is 0.376 e. The summed E-state index contributed by atoms with van der Waals surface area (Å²) in [5.74, 6) is 0. The molecule has 1 nitrogen and oxygen atoms in total. The quantitative estimate of drug-likeness (QED) is 0.655. The fourth-order valence-corrected chi connectivity index (χ4v) is 2.19. The predicted molar refractivity (Wildman–Crippen MR) is 53.6 cm³/mol. The van der Waals surface area contributed by atoms with Crippen molar-refractivity contribution in [3.63, 3.8) is 0 Å². The molecule has 0 saturated heterocycles. The zero-order chi connectivity index (χ0) is 8.97. The van der Waals surface area contributed by atoms with Crippen molar-refractivity contribution in [1.82, 2.24) is 0 Å². The van der Waals surface area contributed by atoms with Crippen molar-refractivity contribution in [3.05, 3.63) is 29.8 Å².